The molecule has 0 bridgehead atoms. The highest BCUT2D eigenvalue weighted by Gasteiger charge is 2.11. The Balaban J connectivity index is 3.00. The first-order valence-corrected chi connectivity index (χ1v) is 6.52. The molecule has 0 spiro atoms. The van der Waals surface area contributed by atoms with Gasteiger partial charge in [-0.1, -0.05) is 6.58 Å². The molecule has 0 amide bonds. The van der Waals surface area contributed by atoms with Crippen LogP contribution in [0.1, 0.15) is 6.92 Å². The smallest absolute Gasteiger partial charge is 0.338 e. The zero-order valence-electron chi connectivity index (χ0n) is 8.84. The van der Waals surface area contributed by atoms with Gasteiger partial charge in [-0.25, -0.2) is 4.79 Å². The number of ether oxygens (including phenoxy) is 2. The number of carbonyl (C=O) groups excluding carboxylic acids is 1. The Hall–Kier alpha value is -0.310. The Labute approximate surface area is 121 Å². The molecule has 0 atom stereocenters. The van der Waals surface area contributed by atoms with E-state index in [2.05, 4.69) is 51.8 Å². The molecule has 0 heterocycles. The van der Waals surface area contributed by atoms with Crippen molar-refractivity contribution in [2.45, 2.75) is 6.92 Å². The summed E-state index contributed by atoms with van der Waals surface area (Å²) >= 11 is 4.26. The first kappa shape index (κ1) is 13.8. The van der Waals surface area contributed by atoms with Crippen LogP contribution in [0.25, 0.3) is 0 Å². The van der Waals surface area contributed by atoms with E-state index in [1.165, 1.54) is 0 Å². The van der Waals surface area contributed by atoms with Crippen LogP contribution in [0.5, 0.6) is 11.5 Å². The third-order valence-corrected chi connectivity index (χ3v) is 3.34. The Morgan fingerprint density at radius 1 is 1.31 bits per heavy atom. The lowest BCUT2D eigenvalue weighted by molar-refractivity contribution is -0.130. The van der Waals surface area contributed by atoms with E-state index in [0.29, 0.717) is 11.3 Å². The number of esters is 1. The second-order valence-electron chi connectivity index (χ2n) is 3.09. The maximum absolute atomic E-state index is 11.3. The van der Waals surface area contributed by atoms with Crippen molar-refractivity contribution in [3.05, 3.63) is 31.4 Å². The van der Waals surface area contributed by atoms with Crippen molar-refractivity contribution in [3.8, 4) is 11.5 Å². The van der Waals surface area contributed by atoms with Crippen molar-refractivity contribution in [2.24, 2.45) is 0 Å². The Morgan fingerprint density at radius 3 is 2.19 bits per heavy atom. The molecule has 0 unspecified atom stereocenters. The predicted octanol–water partition coefficient (Wildman–Crippen LogP) is 3.39. The van der Waals surface area contributed by atoms with E-state index in [-0.39, 0.29) is 0 Å². The molecule has 0 aliphatic rings. The van der Waals surface area contributed by atoms with Gasteiger partial charge in [0.1, 0.15) is 11.5 Å². The van der Waals surface area contributed by atoms with Gasteiger partial charge >= 0.3 is 5.97 Å². The standard InChI is InChI=1S/C11H10I2O3/c1-6(2)11(14)16-7-4-8(12)10(15-3)9(13)5-7/h4-5H,1H2,2-3H3. The fourth-order valence-corrected chi connectivity index (χ4v) is 3.14. The molecule has 1 rings (SSSR count). The van der Waals surface area contributed by atoms with Crippen LogP contribution < -0.4 is 9.47 Å². The maximum atomic E-state index is 11.3. The minimum absolute atomic E-state index is 0.376. The summed E-state index contributed by atoms with van der Waals surface area (Å²) in [5.74, 6) is 0.871. The molecule has 0 aliphatic carbocycles. The van der Waals surface area contributed by atoms with Crippen molar-refractivity contribution in [1.29, 1.82) is 0 Å². The van der Waals surface area contributed by atoms with E-state index in [0.717, 1.165) is 12.9 Å². The van der Waals surface area contributed by atoms with E-state index < -0.39 is 5.97 Å². The van der Waals surface area contributed by atoms with Crippen LogP contribution >= 0.6 is 45.2 Å². The summed E-state index contributed by atoms with van der Waals surface area (Å²) in [5.41, 5.74) is 0.376. The molecule has 3 nitrogen and oxygen atoms in total. The van der Waals surface area contributed by atoms with Crippen molar-refractivity contribution >= 4 is 51.2 Å². The highest BCUT2D eigenvalue weighted by molar-refractivity contribution is 14.1. The van der Waals surface area contributed by atoms with Gasteiger partial charge in [-0.2, -0.15) is 0 Å². The minimum atomic E-state index is -0.420. The second-order valence-corrected chi connectivity index (χ2v) is 5.41. The molecule has 0 saturated carbocycles. The van der Waals surface area contributed by atoms with Gasteiger partial charge in [0.2, 0.25) is 0 Å². The molecule has 0 aromatic heterocycles. The number of halogens is 2. The van der Waals surface area contributed by atoms with E-state index in [1.54, 1.807) is 26.2 Å². The van der Waals surface area contributed by atoms with Crippen LogP contribution in [0.4, 0.5) is 0 Å². The zero-order valence-corrected chi connectivity index (χ0v) is 13.2. The van der Waals surface area contributed by atoms with Crippen molar-refractivity contribution < 1.29 is 14.3 Å². The van der Waals surface area contributed by atoms with Crippen LogP contribution in [0.15, 0.2) is 24.3 Å². The molecule has 0 radical (unpaired) electrons. The van der Waals surface area contributed by atoms with Crippen LogP contribution in [0.2, 0.25) is 0 Å². The average Bonchev–Trinajstić information content (AvgIpc) is 2.16. The molecule has 0 aliphatic heterocycles. The summed E-state index contributed by atoms with van der Waals surface area (Å²) in [6.07, 6.45) is 0. The normalized spacial score (nSPS) is 9.75. The summed E-state index contributed by atoms with van der Waals surface area (Å²) < 4.78 is 12.1. The molecule has 0 N–H and O–H groups in total. The number of benzene rings is 1. The van der Waals surface area contributed by atoms with Crippen LogP contribution in [0.3, 0.4) is 0 Å². The summed E-state index contributed by atoms with van der Waals surface area (Å²) in [6.45, 7) is 5.14. The fourth-order valence-electron chi connectivity index (χ4n) is 0.985. The van der Waals surface area contributed by atoms with E-state index in [9.17, 15) is 4.79 Å². The van der Waals surface area contributed by atoms with Gasteiger partial charge in [0.05, 0.1) is 14.3 Å². The molecule has 5 heteroatoms. The summed E-state index contributed by atoms with van der Waals surface area (Å²) in [7, 11) is 1.61. The molecule has 0 fully saturated rings. The van der Waals surface area contributed by atoms with Gasteiger partial charge < -0.3 is 9.47 Å². The largest absolute Gasteiger partial charge is 0.495 e. The first-order valence-electron chi connectivity index (χ1n) is 4.36. The Morgan fingerprint density at radius 2 is 1.81 bits per heavy atom. The first-order chi connectivity index (χ1) is 7.45. The average molecular weight is 444 g/mol. The summed E-state index contributed by atoms with van der Waals surface area (Å²) in [5, 5.41) is 0. The van der Waals surface area contributed by atoms with E-state index in [4.69, 9.17) is 9.47 Å². The minimum Gasteiger partial charge on any atom is -0.495 e. The monoisotopic (exact) mass is 444 g/mol. The Kier molecular flexibility index (Phi) is 5.03. The fraction of sp³-hybridized carbons (Fsp3) is 0.182. The number of hydrogen-bond donors (Lipinski definition) is 0. The van der Waals surface area contributed by atoms with Gasteiger partial charge in [-0.3, -0.25) is 0 Å². The predicted molar refractivity (Wildman–Crippen MR) is 78.9 cm³/mol. The number of rotatable bonds is 3. The van der Waals surface area contributed by atoms with Crippen molar-refractivity contribution in [2.75, 3.05) is 7.11 Å². The maximum Gasteiger partial charge on any atom is 0.338 e. The van der Waals surface area contributed by atoms with E-state index >= 15 is 0 Å². The van der Waals surface area contributed by atoms with Crippen LogP contribution in [-0.4, -0.2) is 13.1 Å². The second kappa shape index (κ2) is 5.85. The van der Waals surface area contributed by atoms with Gasteiger partial charge in [-0.05, 0) is 64.2 Å². The number of methoxy groups -OCH3 is 1. The Bertz CT molecular complexity index is 418. The molecular formula is C11H10I2O3. The van der Waals surface area contributed by atoms with Gasteiger partial charge in [0.25, 0.3) is 0 Å². The zero-order chi connectivity index (χ0) is 12.3. The quantitative estimate of drug-likeness (QED) is 0.311. The van der Waals surface area contributed by atoms with Gasteiger partial charge in [0.15, 0.2) is 0 Å². The third kappa shape index (κ3) is 3.34. The molecule has 1 aromatic carbocycles. The highest BCUT2D eigenvalue weighted by atomic mass is 127. The van der Waals surface area contributed by atoms with Crippen LogP contribution in [-0.2, 0) is 4.79 Å². The molecule has 86 valence electrons. The number of carbonyl (C=O) groups is 1. The molecule has 1 aromatic rings. The van der Waals surface area contributed by atoms with Gasteiger partial charge in [-0.15, -0.1) is 0 Å². The molecule has 0 saturated heterocycles. The lowest BCUT2D eigenvalue weighted by Crippen LogP contribution is -2.08. The SMILES string of the molecule is C=C(C)C(=O)Oc1cc(I)c(OC)c(I)c1. The lowest BCUT2D eigenvalue weighted by atomic mass is 10.3. The molecular weight excluding hydrogens is 434 g/mol. The third-order valence-electron chi connectivity index (χ3n) is 1.73. The molecule has 16 heavy (non-hydrogen) atoms. The van der Waals surface area contributed by atoms with Gasteiger partial charge in [0, 0.05) is 5.57 Å². The van der Waals surface area contributed by atoms with Crippen molar-refractivity contribution in [1.82, 2.24) is 0 Å². The van der Waals surface area contributed by atoms with Crippen LogP contribution in [0, 0.1) is 7.14 Å². The summed E-state index contributed by atoms with van der Waals surface area (Å²) in [4.78, 5) is 11.3. The highest BCUT2D eigenvalue weighted by Crippen LogP contribution is 2.31. The van der Waals surface area contributed by atoms with E-state index in [1.807, 2.05) is 0 Å². The topological polar surface area (TPSA) is 35.5 Å². The number of hydrogen-bond acceptors (Lipinski definition) is 3. The summed E-state index contributed by atoms with van der Waals surface area (Å²) in [6, 6.07) is 3.50. The van der Waals surface area contributed by atoms with Crippen molar-refractivity contribution in [3.63, 3.8) is 0 Å². The lowest BCUT2D eigenvalue weighted by Gasteiger charge is -2.09.